The van der Waals surface area contributed by atoms with E-state index in [0.29, 0.717) is 0 Å². The lowest BCUT2D eigenvalue weighted by atomic mass is 11.0. The fourth-order valence-electron chi connectivity index (χ4n) is 0. The van der Waals surface area contributed by atoms with Crippen LogP contribution in [0.3, 0.4) is 0 Å². The van der Waals surface area contributed by atoms with Crippen molar-refractivity contribution in [1.82, 2.24) is 0 Å². The number of nitrogens with two attached hydrogens (primary N) is 2. The van der Waals surface area contributed by atoms with Gasteiger partial charge >= 0.3 is 0 Å². The molecule has 6 heavy (non-hydrogen) atoms. The summed E-state index contributed by atoms with van der Waals surface area (Å²) in [6, 6.07) is 0. The fourth-order valence-corrected chi connectivity index (χ4v) is 0. The van der Waals surface area contributed by atoms with Crippen LogP contribution < -0.4 is 11.5 Å². The lowest BCUT2D eigenvalue weighted by Gasteiger charge is -1.56. The van der Waals surface area contributed by atoms with Gasteiger partial charge in [0.05, 0.1) is 0 Å². The summed E-state index contributed by atoms with van der Waals surface area (Å²) in [5, 5.41) is 0. The quantitative estimate of drug-likeness (QED) is 0.625. The topological polar surface area (TPSA) is 52.0 Å². The van der Waals surface area contributed by atoms with Gasteiger partial charge in [0.25, 0.3) is 0 Å². The van der Waals surface area contributed by atoms with E-state index in [1.165, 1.54) is 12.4 Å². The summed E-state index contributed by atoms with van der Waals surface area (Å²) in [7, 11) is 0. The molecule has 0 heterocycles. The molecule has 0 amide bonds. The van der Waals surface area contributed by atoms with Gasteiger partial charge < -0.3 is 11.5 Å². The number of hydrogen-bond donors (Lipinski definition) is 2. The molecule has 0 aromatic carbocycles. The van der Waals surface area contributed by atoms with Crippen molar-refractivity contribution < 1.29 is 0 Å². The smallest absolute Gasteiger partial charge is 0.00957 e. The Labute approximate surface area is 58.1 Å². The summed E-state index contributed by atoms with van der Waals surface area (Å²) in [5.41, 5.74) is 9.44. The zero-order valence-corrected chi connectivity index (χ0v) is 6.55. The van der Waals surface area contributed by atoms with Crippen LogP contribution in [-0.2, 0) is 0 Å². The van der Waals surface area contributed by atoms with E-state index in [1.54, 1.807) is 0 Å². The Morgan fingerprint density at radius 3 is 1.00 bits per heavy atom. The van der Waals surface area contributed by atoms with Crippen molar-refractivity contribution in [3.05, 3.63) is 12.4 Å². The first-order valence-electron chi connectivity index (χ1n) is 1.00. The second kappa shape index (κ2) is 18.5. The zero-order chi connectivity index (χ0) is 3.41. The predicted molar refractivity (Wildman–Crippen MR) is 38.2 cm³/mol. The van der Waals surface area contributed by atoms with Crippen LogP contribution >= 0.6 is 34.0 Å². The van der Waals surface area contributed by atoms with Crippen LogP contribution in [0, 0.1) is 0 Å². The largest absolute Gasteiger partial charge is 0.403 e. The molecule has 0 atom stereocenters. The van der Waals surface area contributed by atoms with E-state index in [9.17, 15) is 0 Å². The minimum Gasteiger partial charge on any atom is -0.403 e. The molecular formula is C2H8Br2N2. The van der Waals surface area contributed by atoms with E-state index in [-0.39, 0.29) is 34.0 Å². The Morgan fingerprint density at radius 1 is 0.833 bits per heavy atom. The van der Waals surface area contributed by atoms with E-state index in [1.807, 2.05) is 0 Å². The Morgan fingerprint density at radius 2 is 1.00 bits per heavy atom. The van der Waals surface area contributed by atoms with Crippen LogP contribution in [0.1, 0.15) is 0 Å². The molecule has 40 valence electrons. The average molecular weight is 220 g/mol. The van der Waals surface area contributed by atoms with Crippen LogP contribution in [0.15, 0.2) is 12.4 Å². The molecule has 0 aromatic rings. The van der Waals surface area contributed by atoms with Gasteiger partial charge in [0.2, 0.25) is 0 Å². The molecule has 0 rings (SSSR count). The third-order valence-corrected chi connectivity index (χ3v) is 0.111. The number of halogens is 2. The van der Waals surface area contributed by atoms with E-state index in [2.05, 4.69) is 0 Å². The molecule has 0 bridgehead atoms. The summed E-state index contributed by atoms with van der Waals surface area (Å²) >= 11 is 0. The minimum absolute atomic E-state index is 0. The molecular weight excluding hydrogens is 212 g/mol. The molecule has 0 radical (unpaired) electrons. The van der Waals surface area contributed by atoms with Crippen molar-refractivity contribution in [3.63, 3.8) is 0 Å². The lowest BCUT2D eigenvalue weighted by molar-refractivity contribution is 1.50. The predicted octanol–water partition coefficient (Wildman–Crippen LogP) is 0.531. The standard InChI is InChI=1S/C2H6N2.2BrH/c3-1-2-4;;/h1-2H,3-4H2;2*1H/b2-1+;;. The van der Waals surface area contributed by atoms with Crippen LogP contribution in [0.4, 0.5) is 0 Å². The first-order chi connectivity index (χ1) is 1.91. The fraction of sp³-hybridized carbons (Fsp3) is 0. The van der Waals surface area contributed by atoms with Crippen molar-refractivity contribution >= 4 is 34.0 Å². The highest BCUT2D eigenvalue weighted by Gasteiger charge is 1.30. The van der Waals surface area contributed by atoms with Gasteiger partial charge in [0.1, 0.15) is 0 Å². The molecule has 0 aliphatic heterocycles. The summed E-state index contributed by atoms with van der Waals surface area (Å²) in [5.74, 6) is 0. The van der Waals surface area contributed by atoms with Crippen molar-refractivity contribution in [1.29, 1.82) is 0 Å². The highest BCUT2D eigenvalue weighted by atomic mass is 79.9. The maximum atomic E-state index is 4.72. The molecule has 0 spiro atoms. The van der Waals surface area contributed by atoms with Crippen LogP contribution in [0.25, 0.3) is 0 Å². The maximum absolute atomic E-state index is 4.72. The molecule has 0 saturated carbocycles. The molecule has 0 unspecified atom stereocenters. The molecule has 0 saturated heterocycles. The molecule has 0 aromatic heterocycles. The third-order valence-electron chi connectivity index (χ3n) is 0.111. The Kier molecular flexibility index (Phi) is 50.2. The van der Waals surface area contributed by atoms with Gasteiger partial charge in [-0.3, -0.25) is 0 Å². The lowest BCUT2D eigenvalue weighted by Crippen LogP contribution is -1.81. The average Bonchev–Trinajstić information content (AvgIpc) is 1.37. The van der Waals surface area contributed by atoms with Crippen molar-refractivity contribution in [2.24, 2.45) is 11.5 Å². The molecule has 4 N–H and O–H groups in total. The Hall–Kier alpha value is 0.300. The monoisotopic (exact) mass is 218 g/mol. The van der Waals surface area contributed by atoms with Crippen LogP contribution in [0.2, 0.25) is 0 Å². The summed E-state index contributed by atoms with van der Waals surface area (Å²) in [6.07, 6.45) is 2.56. The van der Waals surface area contributed by atoms with Crippen molar-refractivity contribution in [2.75, 3.05) is 0 Å². The van der Waals surface area contributed by atoms with E-state index >= 15 is 0 Å². The Balaban J connectivity index is -0.0000000450. The van der Waals surface area contributed by atoms with Gasteiger partial charge in [-0.15, -0.1) is 34.0 Å². The SMILES string of the molecule is Br.Br.N/C=C/N. The maximum Gasteiger partial charge on any atom is 0.00957 e. The Bertz CT molecular complexity index is 24.7. The van der Waals surface area contributed by atoms with Gasteiger partial charge in [-0.1, -0.05) is 0 Å². The molecule has 2 nitrogen and oxygen atoms in total. The highest BCUT2D eigenvalue weighted by molar-refractivity contribution is 8.93. The molecule has 0 aliphatic rings. The first-order valence-corrected chi connectivity index (χ1v) is 1.00. The number of hydrogen-bond acceptors (Lipinski definition) is 2. The van der Waals surface area contributed by atoms with E-state index < -0.39 is 0 Å². The zero-order valence-electron chi connectivity index (χ0n) is 3.13. The normalized spacial score (nSPS) is 6.00. The summed E-state index contributed by atoms with van der Waals surface area (Å²) < 4.78 is 0. The van der Waals surface area contributed by atoms with Crippen LogP contribution in [-0.4, -0.2) is 0 Å². The molecule has 0 fully saturated rings. The summed E-state index contributed by atoms with van der Waals surface area (Å²) in [6.45, 7) is 0. The molecule has 0 aliphatic carbocycles. The van der Waals surface area contributed by atoms with Crippen molar-refractivity contribution in [2.45, 2.75) is 0 Å². The second-order valence-electron chi connectivity index (χ2n) is 0.385. The highest BCUT2D eigenvalue weighted by Crippen LogP contribution is 1.30. The second-order valence-corrected chi connectivity index (χ2v) is 0.385. The van der Waals surface area contributed by atoms with Gasteiger partial charge in [-0.05, 0) is 0 Å². The van der Waals surface area contributed by atoms with E-state index in [4.69, 9.17) is 11.5 Å². The number of rotatable bonds is 0. The minimum atomic E-state index is 0. The van der Waals surface area contributed by atoms with Crippen LogP contribution in [0.5, 0.6) is 0 Å². The van der Waals surface area contributed by atoms with Crippen molar-refractivity contribution in [3.8, 4) is 0 Å². The van der Waals surface area contributed by atoms with E-state index in [0.717, 1.165) is 0 Å². The summed E-state index contributed by atoms with van der Waals surface area (Å²) in [4.78, 5) is 0. The van der Waals surface area contributed by atoms with Gasteiger partial charge in [0.15, 0.2) is 0 Å². The first kappa shape index (κ1) is 16.3. The van der Waals surface area contributed by atoms with Gasteiger partial charge in [-0.2, -0.15) is 0 Å². The third kappa shape index (κ3) is 27.7. The van der Waals surface area contributed by atoms with Gasteiger partial charge in [0, 0.05) is 12.4 Å². The van der Waals surface area contributed by atoms with Gasteiger partial charge in [-0.25, -0.2) is 0 Å². The molecule has 4 heteroatoms.